The molecule has 0 saturated heterocycles. The van der Waals surface area contributed by atoms with Gasteiger partial charge in [-0.25, -0.2) is 0 Å². The van der Waals surface area contributed by atoms with Crippen LogP contribution >= 0.6 is 0 Å². The Labute approximate surface area is 68.2 Å². The van der Waals surface area contributed by atoms with Crippen molar-refractivity contribution in [2.24, 2.45) is 4.90 Å². The molecule has 0 N–H and O–H groups in total. The van der Waals surface area contributed by atoms with Gasteiger partial charge in [0, 0.05) is 0 Å². The van der Waals surface area contributed by atoms with E-state index in [0.29, 0.717) is 6.54 Å². The van der Waals surface area contributed by atoms with Gasteiger partial charge in [0.25, 0.3) is 0 Å². The summed E-state index contributed by atoms with van der Waals surface area (Å²) in [5.41, 5.74) is 0. The van der Waals surface area contributed by atoms with Gasteiger partial charge in [0.2, 0.25) is 0 Å². The van der Waals surface area contributed by atoms with Gasteiger partial charge in [-0.15, -0.1) is 0 Å². The summed E-state index contributed by atoms with van der Waals surface area (Å²) in [5.74, 6) is -0.0446. The number of rotatable bonds is 5. The fraction of sp³-hybridized carbons (Fsp3) is 0.571. The predicted molar refractivity (Wildman–Crippen MR) is 46.6 cm³/mol. The Morgan fingerprint density at radius 2 is 2.45 bits per heavy atom. The molecule has 0 aromatic rings. The Kier molecular flexibility index (Phi) is 5.34. The molecule has 0 fully saturated rings. The summed E-state index contributed by atoms with van der Waals surface area (Å²) in [6.45, 7) is 6.38. The van der Waals surface area contributed by atoms with E-state index in [-0.39, 0.29) is 12.5 Å². The van der Waals surface area contributed by atoms with Gasteiger partial charge in [0.15, 0.2) is 0 Å². The molecule has 0 rings (SSSR count). The van der Waals surface area contributed by atoms with E-state index in [1.165, 1.54) is 6.20 Å². The summed E-state index contributed by atoms with van der Waals surface area (Å²) in [5, 5.41) is 0. The van der Waals surface area contributed by atoms with Crippen molar-refractivity contribution < 1.29 is 4.79 Å². The first kappa shape index (κ1) is 10.1. The van der Waals surface area contributed by atoms with Crippen molar-refractivity contribution in [3.63, 3.8) is 0 Å². The third-order valence-electron chi connectivity index (χ3n) is 1.25. The summed E-state index contributed by atoms with van der Waals surface area (Å²) >= 11 is 0. The summed E-state index contributed by atoms with van der Waals surface area (Å²) < 4.78 is 0. The zero-order valence-electron chi connectivity index (χ0n) is 6.92. The maximum atomic E-state index is 11.1. The zero-order chi connectivity index (χ0) is 8.69. The van der Waals surface area contributed by atoms with E-state index in [2.05, 4.69) is 19.1 Å². The molecule has 0 bridgehead atoms. The number of hydrogen-bond donors (Lipinski definition) is 0. The predicted octanol–water partition coefficient (Wildman–Crippen LogP) is 0.453. The Balaban J connectivity index is 3.90. The molecular weight excluding hydrogens is 139 g/mol. The van der Waals surface area contributed by atoms with E-state index in [0.717, 1.165) is 6.42 Å². The first-order valence-electron chi connectivity index (χ1n) is 3.60. The second-order valence-electron chi connectivity index (χ2n) is 2.15. The van der Waals surface area contributed by atoms with Gasteiger partial charge in [0.1, 0.15) is 0 Å². The normalized spacial score (nSPS) is 8.73. The van der Waals surface area contributed by atoms with Crippen LogP contribution in [-0.4, -0.2) is 31.5 Å². The number of carbonyl (C=O) groups excluding carboxylic acids is 1. The fourth-order valence-electron chi connectivity index (χ4n) is 0.745. The van der Waals surface area contributed by atoms with Crippen LogP contribution in [0.15, 0.2) is 17.7 Å². The SMILES string of the molecule is B=NCC(=O)N(C=C)CCC. The molecule has 0 heterocycles. The van der Waals surface area contributed by atoms with E-state index < -0.39 is 0 Å². The van der Waals surface area contributed by atoms with E-state index >= 15 is 0 Å². The molecule has 60 valence electrons. The summed E-state index contributed by atoms with van der Waals surface area (Å²) in [4.78, 5) is 16.1. The zero-order valence-corrected chi connectivity index (χ0v) is 6.92. The molecule has 0 radical (unpaired) electrons. The molecule has 0 unspecified atom stereocenters. The van der Waals surface area contributed by atoms with Gasteiger partial charge >= 0.3 is 67.3 Å². The Morgan fingerprint density at radius 3 is 2.82 bits per heavy atom. The van der Waals surface area contributed by atoms with E-state index in [9.17, 15) is 4.79 Å². The molecule has 0 aliphatic heterocycles. The quantitative estimate of drug-likeness (QED) is 0.526. The standard InChI is InChI=1S/C7H13BN2O/c1-3-5-10(4-2)7(11)6-9-8/h4,8H,2-3,5-6H2,1H3. The average Bonchev–Trinajstić information content (AvgIpc) is 2.00. The van der Waals surface area contributed by atoms with Crippen LogP contribution in [0.3, 0.4) is 0 Å². The average molecular weight is 152 g/mol. The molecule has 0 aromatic carbocycles. The van der Waals surface area contributed by atoms with Crippen LogP contribution in [0, 0.1) is 0 Å². The van der Waals surface area contributed by atoms with Crippen molar-refractivity contribution in [2.75, 3.05) is 13.1 Å². The summed E-state index contributed by atoms with van der Waals surface area (Å²) in [6, 6.07) is 0. The molecule has 0 saturated carbocycles. The van der Waals surface area contributed by atoms with Gasteiger partial charge in [-0.2, -0.15) is 0 Å². The molecule has 0 aromatic heterocycles. The molecule has 0 atom stereocenters. The third kappa shape index (κ3) is 3.70. The van der Waals surface area contributed by atoms with Gasteiger partial charge in [-0.3, -0.25) is 0 Å². The van der Waals surface area contributed by atoms with Crippen molar-refractivity contribution >= 4 is 13.5 Å². The Hall–Kier alpha value is -0.925. The van der Waals surface area contributed by atoms with Crippen molar-refractivity contribution in [2.45, 2.75) is 13.3 Å². The minimum atomic E-state index is -0.0446. The fourth-order valence-corrected chi connectivity index (χ4v) is 0.745. The minimum absolute atomic E-state index is 0.0446. The van der Waals surface area contributed by atoms with Crippen LogP contribution in [-0.2, 0) is 4.79 Å². The first-order valence-corrected chi connectivity index (χ1v) is 3.60. The van der Waals surface area contributed by atoms with Crippen molar-refractivity contribution in [3.8, 4) is 0 Å². The first-order chi connectivity index (χ1) is 5.26. The van der Waals surface area contributed by atoms with Gasteiger partial charge in [-0.05, 0) is 0 Å². The van der Waals surface area contributed by atoms with Crippen molar-refractivity contribution in [1.29, 1.82) is 0 Å². The van der Waals surface area contributed by atoms with E-state index in [4.69, 9.17) is 0 Å². The number of carbonyl (C=O) groups is 1. The van der Waals surface area contributed by atoms with Crippen molar-refractivity contribution in [3.05, 3.63) is 12.8 Å². The number of nitrogens with zero attached hydrogens (tertiary/aromatic N) is 2. The Bertz CT molecular complexity index is 159. The molecule has 0 spiro atoms. The number of hydrogen-bond acceptors (Lipinski definition) is 2. The molecule has 1 amide bonds. The van der Waals surface area contributed by atoms with Crippen LogP contribution in [0.4, 0.5) is 0 Å². The molecule has 3 nitrogen and oxygen atoms in total. The van der Waals surface area contributed by atoms with Crippen molar-refractivity contribution in [1.82, 2.24) is 4.90 Å². The molecule has 0 aliphatic carbocycles. The monoisotopic (exact) mass is 152 g/mol. The molecule has 0 aliphatic rings. The third-order valence-corrected chi connectivity index (χ3v) is 1.25. The summed E-state index contributed by atoms with van der Waals surface area (Å²) in [7, 11) is 3.25. The van der Waals surface area contributed by atoms with Crippen LogP contribution in [0.1, 0.15) is 13.3 Å². The van der Waals surface area contributed by atoms with Crippen LogP contribution < -0.4 is 0 Å². The topological polar surface area (TPSA) is 32.7 Å². The van der Waals surface area contributed by atoms with E-state index in [1.807, 2.05) is 6.92 Å². The Morgan fingerprint density at radius 1 is 1.82 bits per heavy atom. The molecule has 4 heteroatoms. The second-order valence-corrected chi connectivity index (χ2v) is 2.15. The molecular formula is C7H13BN2O. The number of amides is 1. The molecule has 11 heavy (non-hydrogen) atoms. The van der Waals surface area contributed by atoms with Gasteiger partial charge in [-0.1, -0.05) is 0 Å². The summed E-state index contributed by atoms with van der Waals surface area (Å²) in [6.07, 6.45) is 2.45. The van der Waals surface area contributed by atoms with Gasteiger partial charge < -0.3 is 0 Å². The second kappa shape index (κ2) is 5.83. The maximum absolute atomic E-state index is 11.1. The van der Waals surface area contributed by atoms with Crippen LogP contribution in [0.25, 0.3) is 0 Å². The van der Waals surface area contributed by atoms with Crippen LogP contribution in [0.5, 0.6) is 0 Å². The van der Waals surface area contributed by atoms with E-state index in [1.54, 1.807) is 4.90 Å². The van der Waals surface area contributed by atoms with Crippen LogP contribution in [0.2, 0.25) is 0 Å². The van der Waals surface area contributed by atoms with Gasteiger partial charge in [0.05, 0.1) is 0 Å².